The van der Waals surface area contributed by atoms with Gasteiger partial charge in [0.1, 0.15) is 11.3 Å². The van der Waals surface area contributed by atoms with Crippen LogP contribution in [0.5, 0.6) is 5.75 Å². The van der Waals surface area contributed by atoms with Crippen molar-refractivity contribution in [3.05, 3.63) is 105 Å². The molecule has 0 aliphatic rings. The maximum Gasteiger partial charge on any atom is 0.335 e. The fourth-order valence-electron chi connectivity index (χ4n) is 3.37. The van der Waals surface area contributed by atoms with Crippen LogP contribution in [0, 0.1) is 0 Å². The van der Waals surface area contributed by atoms with Gasteiger partial charge in [0.2, 0.25) is 0 Å². The lowest BCUT2D eigenvalue weighted by Crippen LogP contribution is -2.23. The monoisotopic (exact) mass is 414 g/mol. The van der Waals surface area contributed by atoms with Gasteiger partial charge in [-0.05, 0) is 53.9 Å². The molecule has 0 bridgehead atoms. The summed E-state index contributed by atoms with van der Waals surface area (Å²) in [5.74, 6) is -2.30. The standard InChI is InChI=1S/C24H18N2O5/c27-21-18-11-6-15(12-14-4-2-1-3-5-14)13-19(18)26-23(29)20(21)22(28)25-17-9-7-16(8-10-17)24(30)31/h1-11,13H,12H2,(H,25,28)(H,30,31)(H2,26,27,29). The van der Waals surface area contributed by atoms with Gasteiger partial charge < -0.3 is 20.5 Å². The number of carbonyl (C=O) groups is 2. The maximum absolute atomic E-state index is 12.6. The van der Waals surface area contributed by atoms with Crippen molar-refractivity contribution >= 4 is 28.5 Å². The molecule has 0 aliphatic heterocycles. The molecule has 1 aromatic heterocycles. The molecule has 4 aromatic rings. The van der Waals surface area contributed by atoms with E-state index in [1.165, 1.54) is 24.3 Å². The average Bonchev–Trinajstić information content (AvgIpc) is 2.74. The van der Waals surface area contributed by atoms with Crippen molar-refractivity contribution in [1.29, 1.82) is 0 Å². The molecule has 1 heterocycles. The zero-order valence-electron chi connectivity index (χ0n) is 16.3. The van der Waals surface area contributed by atoms with Crippen molar-refractivity contribution < 1.29 is 19.8 Å². The number of benzene rings is 3. The second-order valence-electron chi connectivity index (χ2n) is 7.06. The van der Waals surface area contributed by atoms with Crippen LogP contribution in [0.2, 0.25) is 0 Å². The van der Waals surface area contributed by atoms with Gasteiger partial charge in [-0.1, -0.05) is 36.4 Å². The van der Waals surface area contributed by atoms with E-state index in [1.54, 1.807) is 12.1 Å². The third kappa shape index (κ3) is 4.16. The number of fused-ring (bicyclic) bond motifs is 1. The number of hydrogen-bond donors (Lipinski definition) is 4. The van der Waals surface area contributed by atoms with Crippen LogP contribution in [-0.4, -0.2) is 27.1 Å². The molecule has 0 aliphatic carbocycles. The first kappa shape index (κ1) is 19.9. The number of aromatic hydroxyl groups is 1. The molecule has 0 atom stereocenters. The quantitative estimate of drug-likeness (QED) is 0.396. The minimum absolute atomic E-state index is 0.0655. The van der Waals surface area contributed by atoms with Crippen molar-refractivity contribution in [2.45, 2.75) is 6.42 Å². The highest BCUT2D eigenvalue weighted by atomic mass is 16.4. The lowest BCUT2D eigenvalue weighted by Gasteiger charge is -2.10. The van der Waals surface area contributed by atoms with Crippen LogP contribution in [0.1, 0.15) is 31.8 Å². The summed E-state index contributed by atoms with van der Waals surface area (Å²) in [6.07, 6.45) is 0.661. The number of carboxylic acid groups (broad SMARTS) is 1. The number of aromatic carboxylic acids is 1. The van der Waals surface area contributed by atoms with Gasteiger partial charge >= 0.3 is 5.97 Å². The van der Waals surface area contributed by atoms with E-state index in [-0.39, 0.29) is 5.56 Å². The fraction of sp³-hybridized carbons (Fsp3) is 0.0417. The first-order chi connectivity index (χ1) is 14.9. The van der Waals surface area contributed by atoms with Gasteiger partial charge in [0.15, 0.2) is 0 Å². The third-order valence-corrected chi connectivity index (χ3v) is 4.92. The summed E-state index contributed by atoms with van der Waals surface area (Å²) in [7, 11) is 0. The lowest BCUT2D eigenvalue weighted by atomic mass is 10.0. The van der Waals surface area contributed by atoms with Gasteiger partial charge in [-0.15, -0.1) is 0 Å². The Hall–Kier alpha value is -4.39. The second-order valence-corrected chi connectivity index (χ2v) is 7.06. The van der Waals surface area contributed by atoms with Crippen molar-refractivity contribution in [3.63, 3.8) is 0 Å². The summed E-state index contributed by atoms with van der Waals surface area (Å²) in [6.45, 7) is 0. The highest BCUT2D eigenvalue weighted by Gasteiger charge is 2.19. The Morgan fingerprint density at radius 2 is 1.61 bits per heavy atom. The number of rotatable bonds is 5. The summed E-state index contributed by atoms with van der Waals surface area (Å²) in [5, 5.41) is 22.4. The van der Waals surface area contributed by atoms with E-state index in [2.05, 4.69) is 10.3 Å². The summed E-state index contributed by atoms with van der Waals surface area (Å²) in [6, 6.07) is 20.6. The van der Waals surface area contributed by atoms with Crippen molar-refractivity contribution in [1.82, 2.24) is 4.98 Å². The predicted molar refractivity (Wildman–Crippen MR) is 117 cm³/mol. The number of nitrogens with one attached hydrogen (secondary N) is 2. The molecule has 0 saturated carbocycles. The van der Waals surface area contributed by atoms with Crippen LogP contribution < -0.4 is 10.9 Å². The number of amides is 1. The molecular formula is C24H18N2O5. The van der Waals surface area contributed by atoms with E-state index in [0.717, 1.165) is 11.1 Å². The number of carboxylic acids is 1. The van der Waals surface area contributed by atoms with Crippen LogP contribution in [0.3, 0.4) is 0 Å². The summed E-state index contributed by atoms with van der Waals surface area (Å²) >= 11 is 0. The number of aromatic nitrogens is 1. The molecule has 1 amide bonds. The van der Waals surface area contributed by atoms with Gasteiger partial charge in [0, 0.05) is 11.1 Å². The molecule has 0 unspecified atom stereocenters. The number of aromatic amines is 1. The summed E-state index contributed by atoms with van der Waals surface area (Å²) < 4.78 is 0. The van der Waals surface area contributed by atoms with Crippen LogP contribution in [0.25, 0.3) is 10.9 Å². The van der Waals surface area contributed by atoms with Gasteiger partial charge in [-0.25, -0.2) is 4.79 Å². The molecule has 3 aromatic carbocycles. The molecule has 154 valence electrons. The minimum Gasteiger partial charge on any atom is -0.506 e. The van der Waals surface area contributed by atoms with Crippen molar-refractivity contribution in [2.75, 3.05) is 5.32 Å². The fourth-order valence-corrected chi connectivity index (χ4v) is 3.37. The number of pyridine rings is 1. The van der Waals surface area contributed by atoms with E-state index >= 15 is 0 Å². The molecule has 4 N–H and O–H groups in total. The molecule has 7 nitrogen and oxygen atoms in total. The molecule has 0 radical (unpaired) electrons. The van der Waals surface area contributed by atoms with Gasteiger partial charge in [-0.3, -0.25) is 9.59 Å². The Bertz CT molecular complexity index is 1340. The highest BCUT2D eigenvalue weighted by molar-refractivity contribution is 6.09. The SMILES string of the molecule is O=C(O)c1ccc(NC(=O)c2c(O)c3ccc(Cc4ccccc4)cc3[nH]c2=O)cc1. The number of hydrogen-bond acceptors (Lipinski definition) is 4. The number of anilines is 1. The van der Waals surface area contributed by atoms with Crippen molar-refractivity contribution in [2.24, 2.45) is 0 Å². The van der Waals surface area contributed by atoms with E-state index < -0.39 is 28.7 Å². The average molecular weight is 414 g/mol. The van der Waals surface area contributed by atoms with E-state index in [4.69, 9.17) is 5.11 Å². The Balaban J connectivity index is 1.63. The normalized spacial score (nSPS) is 10.7. The largest absolute Gasteiger partial charge is 0.506 e. The van der Waals surface area contributed by atoms with E-state index in [0.29, 0.717) is 23.0 Å². The maximum atomic E-state index is 12.6. The lowest BCUT2D eigenvalue weighted by molar-refractivity contribution is 0.0696. The first-order valence-corrected chi connectivity index (χ1v) is 9.49. The van der Waals surface area contributed by atoms with Gasteiger partial charge in [0.25, 0.3) is 11.5 Å². The predicted octanol–water partition coefficient (Wildman–Crippen LogP) is 3.78. The van der Waals surface area contributed by atoms with Crippen molar-refractivity contribution in [3.8, 4) is 5.75 Å². The molecule has 0 fully saturated rings. The smallest absolute Gasteiger partial charge is 0.335 e. The highest BCUT2D eigenvalue weighted by Crippen LogP contribution is 2.27. The third-order valence-electron chi connectivity index (χ3n) is 4.92. The molecule has 4 rings (SSSR count). The molecule has 0 saturated heterocycles. The Morgan fingerprint density at radius 1 is 0.903 bits per heavy atom. The van der Waals surface area contributed by atoms with Gasteiger partial charge in [-0.2, -0.15) is 0 Å². The van der Waals surface area contributed by atoms with E-state index in [9.17, 15) is 19.5 Å². The zero-order chi connectivity index (χ0) is 22.0. The zero-order valence-corrected chi connectivity index (χ0v) is 16.3. The van der Waals surface area contributed by atoms with Crippen LogP contribution in [0.15, 0.2) is 77.6 Å². The number of H-pyrrole nitrogens is 1. The van der Waals surface area contributed by atoms with E-state index in [1.807, 2.05) is 36.4 Å². The Morgan fingerprint density at radius 3 is 2.29 bits per heavy atom. The molecule has 7 heteroatoms. The van der Waals surface area contributed by atoms with Crippen LogP contribution in [0.4, 0.5) is 5.69 Å². The molecular weight excluding hydrogens is 396 g/mol. The molecule has 31 heavy (non-hydrogen) atoms. The first-order valence-electron chi connectivity index (χ1n) is 9.49. The topological polar surface area (TPSA) is 119 Å². The summed E-state index contributed by atoms with van der Waals surface area (Å²) in [4.78, 5) is 38.8. The minimum atomic E-state index is -1.09. The van der Waals surface area contributed by atoms with Gasteiger partial charge in [0.05, 0.1) is 11.1 Å². The van der Waals surface area contributed by atoms with Crippen LogP contribution >= 0.6 is 0 Å². The summed E-state index contributed by atoms with van der Waals surface area (Å²) in [5.41, 5.74) is 1.72. The van der Waals surface area contributed by atoms with Crippen LogP contribution in [-0.2, 0) is 6.42 Å². The Labute approximate surface area is 176 Å². The molecule has 0 spiro atoms. The number of carbonyl (C=O) groups excluding carboxylic acids is 1. The second kappa shape index (κ2) is 8.16. The Kier molecular flexibility index (Phi) is 5.24.